The summed E-state index contributed by atoms with van der Waals surface area (Å²) in [6.07, 6.45) is 5.53. The van der Waals surface area contributed by atoms with Crippen molar-refractivity contribution in [2.45, 2.75) is 38.1 Å². The second kappa shape index (κ2) is 9.78. The fraction of sp³-hybridized carbons (Fsp3) is 0.364. The Hall–Kier alpha value is -3.02. The van der Waals surface area contributed by atoms with Gasteiger partial charge >= 0.3 is 0 Å². The zero-order chi connectivity index (χ0) is 19.8. The molecule has 0 aliphatic heterocycles. The monoisotopic (exact) mass is 382 g/mol. The number of hydrogen-bond acceptors (Lipinski definition) is 4. The van der Waals surface area contributed by atoms with Gasteiger partial charge in [0.15, 0.2) is 18.1 Å². The Morgan fingerprint density at radius 3 is 2.39 bits per heavy atom. The Kier molecular flexibility index (Phi) is 6.89. The molecule has 0 heterocycles. The van der Waals surface area contributed by atoms with Crippen LogP contribution >= 0.6 is 0 Å². The highest BCUT2D eigenvalue weighted by atomic mass is 16.5. The third-order valence-electron chi connectivity index (χ3n) is 4.81. The highest BCUT2D eigenvalue weighted by Gasteiger charge is 2.19. The lowest BCUT2D eigenvalue weighted by Gasteiger charge is -2.23. The number of nitrogens with one attached hydrogen (secondary N) is 2. The lowest BCUT2D eigenvalue weighted by molar-refractivity contribution is -0.118. The summed E-state index contributed by atoms with van der Waals surface area (Å²) in [6, 6.07) is 14.3. The first kappa shape index (κ1) is 19.7. The Morgan fingerprint density at radius 2 is 1.64 bits per heavy atom. The molecule has 1 aliphatic carbocycles. The smallest absolute Gasteiger partial charge is 0.262 e. The summed E-state index contributed by atoms with van der Waals surface area (Å²) in [7, 11) is 1.55. The van der Waals surface area contributed by atoms with Gasteiger partial charge in [-0.05, 0) is 37.1 Å². The Bertz CT molecular complexity index is 816. The molecule has 2 N–H and O–H groups in total. The van der Waals surface area contributed by atoms with Crippen LogP contribution in [-0.2, 0) is 4.79 Å². The van der Waals surface area contributed by atoms with E-state index in [0.29, 0.717) is 22.7 Å². The predicted molar refractivity (Wildman–Crippen MR) is 108 cm³/mol. The molecule has 6 heteroatoms. The van der Waals surface area contributed by atoms with Crippen molar-refractivity contribution < 1.29 is 19.1 Å². The van der Waals surface area contributed by atoms with Crippen molar-refractivity contribution in [3.8, 4) is 11.5 Å². The van der Waals surface area contributed by atoms with Crippen LogP contribution in [0.2, 0.25) is 0 Å². The summed E-state index contributed by atoms with van der Waals surface area (Å²) in [4.78, 5) is 25.0. The third-order valence-corrected chi connectivity index (χ3v) is 4.81. The summed E-state index contributed by atoms with van der Waals surface area (Å²) in [5.74, 6) is 0.545. The van der Waals surface area contributed by atoms with E-state index >= 15 is 0 Å². The number of rotatable bonds is 7. The summed E-state index contributed by atoms with van der Waals surface area (Å²) in [5, 5.41) is 5.85. The molecule has 0 bridgehead atoms. The molecule has 148 valence electrons. The van der Waals surface area contributed by atoms with E-state index < -0.39 is 0 Å². The molecule has 1 fully saturated rings. The molecular formula is C22H26N2O4. The maximum absolute atomic E-state index is 12.7. The van der Waals surface area contributed by atoms with Crippen molar-refractivity contribution in [2.75, 3.05) is 19.0 Å². The van der Waals surface area contributed by atoms with Gasteiger partial charge in [0.25, 0.3) is 11.8 Å². The molecule has 0 spiro atoms. The number of ether oxygens (including phenoxy) is 2. The molecule has 6 nitrogen and oxygen atoms in total. The predicted octanol–water partition coefficient (Wildman–Crippen LogP) is 3.78. The van der Waals surface area contributed by atoms with Crippen LogP contribution in [0.5, 0.6) is 11.5 Å². The first-order chi connectivity index (χ1) is 13.7. The van der Waals surface area contributed by atoms with E-state index in [0.717, 1.165) is 25.7 Å². The largest absolute Gasteiger partial charge is 0.493 e. The van der Waals surface area contributed by atoms with E-state index in [4.69, 9.17) is 9.47 Å². The minimum absolute atomic E-state index is 0.159. The molecule has 0 saturated heterocycles. The van der Waals surface area contributed by atoms with Gasteiger partial charge in [-0.1, -0.05) is 43.5 Å². The van der Waals surface area contributed by atoms with E-state index in [2.05, 4.69) is 10.6 Å². The number of carbonyl (C=O) groups is 2. The van der Waals surface area contributed by atoms with Crippen molar-refractivity contribution in [3.05, 3.63) is 54.1 Å². The number of para-hydroxylation sites is 3. The van der Waals surface area contributed by atoms with Crippen LogP contribution in [-0.4, -0.2) is 31.6 Å². The molecule has 0 aromatic heterocycles. The quantitative estimate of drug-likeness (QED) is 0.764. The highest BCUT2D eigenvalue weighted by Crippen LogP contribution is 2.26. The van der Waals surface area contributed by atoms with Crippen LogP contribution in [0.15, 0.2) is 48.5 Å². The SMILES string of the molecule is COc1ccccc1OCC(=O)Nc1ccccc1C(=O)NC1CCCCC1. The minimum Gasteiger partial charge on any atom is -0.493 e. The van der Waals surface area contributed by atoms with Crippen molar-refractivity contribution in [3.63, 3.8) is 0 Å². The molecule has 28 heavy (non-hydrogen) atoms. The van der Waals surface area contributed by atoms with Gasteiger partial charge < -0.3 is 20.1 Å². The second-order valence-corrected chi connectivity index (χ2v) is 6.84. The zero-order valence-electron chi connectivity index (χ0n) is 16.1. The first-order valence-corrected chi connectivity index (χ1v) is 9.63. The lowest BCUT2D eigenvalue weighted by atomic mass is 9.95. The van der Waals surface area contributed by atoms with Gasteiger partial charge in [0.2, 0.25) is 0 Å². The van der Waals surface area contributed by atoms with Gasteiger partial charge in [-0.25, -0.2) is 0 Å². The van der Waals surface area contributed by atoms with Crippen LogP contribution in [0.3, 0.4) is 0 Å². The number of methoxy groups -OCH3 is 1. The third kappa shape index (κ3) is 5.25. The van der Waals surface area contributed by atoms with Gasteiger partial charge in [0, 0.05) is 6.04 Å². The Balaban J connectivity index is 1.60. The van der Waals surface area contributed by atoms with Crippen LogP contribution in [0.4, 0.5) is 5.69 Å². The molecule has 1 saturated carbocycles. The maximum Gasteiger partial charge on any atom is 0.262 e. The van der Waals surface area contributed by atoms with Gasteiger partial charge in [-0.2, -0.15) is 0 Å². The van der Waals surface area contributed by atoms with Crippen LogP contribution in [0.25, 0.3) is 0 Å². The number of hydrogen-bond donors (Lipinski definition) is 2. The summed E-state index contributed by atoms with van der Waals surface area (Å²) in [6.45, 7) is -0.182. The lowest BCUT2D eigenvalue weighted by Crippen LogP contribution is -2.36. The number of carbonyl (C=O) groups excluding carboxylic acids is 2. The summed E-state index contributed by atoms with van der Waals surface area (Å²) >= 11 is 0. The van der Waals surface area contributed by atoms with Crippen LogP contribution in [0, 0.1) is 0 Å². The molecule has 0 atom stereocenters. The standard InChI is InChI=1S/C22H26N2O4/c1-27-19-13-7-8-14-20(19)28-15-21(25)24-18-12-6-5-11-17(18)22(26)23-16-9-3-2-4-10-16/h5-8,11-14,16H,2-4,9-10,15H2,1H3,(H,23,26)(H,24,25). The zero-order valence-corrected chi connectivity index (χ0v) is 16.1. The van der Waals surface area contributed by atoms with E-state index in [9.17, 15) is 9.59 Å². The molecule has 0 unspecified atom stereocenters. The van der Waals surface area contributed by atoms with Gasteiger partial charge in [0.05, 0.1) is 18.4 Å². The fourth-order valence-corrected chi connectivity index (χ4v) is 3.37. The Morgan fingerprint density at radius 1 is 0.964 bits per heavy atom. The van der Waals surface area contributed by atoms with E-state index in [1.54, 1.807) is 49.6 Å². The van der Waals surface area contributed by atoms with E-state index in [1.807, 2.05) is 6.07 Å². The molecule has 0 radical (unpaired) electrons. The van der Waals surface area contributed by atoms with Gasteiger partial charge in [-0.15, -0.1) is 0 Å². The topological polar surface area (TPSA) is 76.7 Å². The number of amides is 2. The molecule has 2 amide bonds. The Labute approximate surface area is 165 Å². The second-order valence-electron chi connectivity index (χ2n) is 6.84. The van der Waals surface area contributed by atoms with Gasteiger partial charge in [-0.3, -0.25) is 9.59 Å². The van der Waals surface area contributed by atoms with Crippen LogP contribution in [0.1, 0.15) is 42.5 Å². The highest BCUT2D eigenvalue weighted by molar-refractivity contribution is 6.04. The average Bonchev–Trinajstić information content (AvgIpc) is 2.73. The normalized spacial score (nSPS) is 14.2. The van der Waals surface area contributed by atoms with Crippen LogP contribution < -0.4 is 20.1 Å². The van der Waals surface area contributed by atoms with Crippen molar-refractivity contribution in [2.24, 2.45) is 0 Å². The average molecular weight is 382 g/mol. The fourth-order valence-electron chi connectivity index (χ4n) is 3.37. The summed E-state index contributed by atoms with van der Waals surface area (Å²) < 4.78 is 10.8. The van der Waals surface area contributed by atoms with E-state index in [1.165, 1.54) is 6.42 Å². The molecule has 1 aliphatic rings. The number of benzene rings is 2. The molecular weight excluding hydrogens is 356 g/mol. The van der Waals surface area contributed by atoms with Crippen molar-refractivity contribution >= 4 is 17.5 Å². The first-order valence-electron chi connectivity index (χ1n) is 9.63. The number of anilines is 1. The molecule has 3 rings (SSSR count). The van der Waals surface area contributed by atoms with Crippen molar-refractivity contribution in [1.29, 1.82) is 0 Å². The van der Waals surface area contributed by atoms with Crippen molar-refractivity contribution in [1.82, 2.24) is 5.32 Å². The van der Waals surface area contributed by atoms with Gasteiger partial charge in [0.1, 0.15) is 0 Å². The van der Waals surface area contributed by atoms with E-state index in [-0.39, 0.29) is 24.5 Å². The minimum atomic E-state index is -0.344. The molecule has 2 aromatic carbocycles. The molecule has 2 aromatic rings. The summed E-state index contributed by atoms with van der Waals surface area (Å²) in [5.41, 5.74) is 0.933. The maximum atomic E-state index is 12.7.